The van der Waals surface area contributed by atoms with Crippen LogP contribution in [0.1, 0.15) is 12.5 Å². The van der Waals surface area contributed by atoms with Crippen LogP contribution in [0.4, 0.5) is 0 Å². The zero-order chi connectivity index (χ0) is 9.84. The summed E-state index contributed by atoms with van der Waals surface area (Å²) in [5, 5.41) is 8.64. The molecule has 2 nitrogen and oxygen atoms in total. The summed E-state index contributed by atoms with van der Waals surface area (Å²) < 4.78 is 0.957. The summed E-state index contributed by atoms with van der Waals surface area (Å²) in [6.07, 6.45) is 0. The van der Waals surface area contributed by atoms with Gasteiger partial charge in [0.2, 0.25) is 0 Å². The average molecular weight is 237 g/mol. The van der Waals surface area contributed by atoms with Crippen molar-refractivity contribution in [2.75, 3.05) is 0 Å². The van der Waals surface area contributed by atoms with E-state index in [4.69, 9.17) is 11.0 Å². The number of hydrogen-bond donors (Lipinski definition) is 1. The Morgan fingerprint density at radius 1 is 1.54 bits per heavy atom. The maximum Gasteiger partial charge on any atom is 0.0965 e. The molecule has 0 fully saturated rings. The van der Waals surface area contributed by atoms with Gasteiger partial charge in [-0.05, 0) is 24.6 Å². The summed E-state index contributed by atoms with van der Waals surface area (Å²) in [5.41, 5.74) is 7.69. The molecule has 0 unspecified atom stereocenters. The molecular formula is C10H9BrN2. The summed E-state index contributed by atoms with van der Waals surface area (Å²) in [6, 6.07) is 9.58. The van der Waals surface area contributed by atoms with E-state index in [0.29, 0.717) is 11.3 Å². The molecule has 0 radical (unpaired) electrons. The highest BCUT2D eigenvalue weighted by Crippen LogP contribution is 2.17. The van der Waals surface area contributed by atoms with E-state index in [2.05, 4.69) is 15.9 Å². The minimum absolute atomic E-state index is 0.531. The van der Waals surface area contributed by atoms with Gasteiger partial charge in [-0.3, -0.25) is 0 Å². The van der Waals surface area contributed by atoms with Crippen LogP contribution in [-0.4, -0.2) is 0 Å². The van der Waals surface area contributed by atoms with Crippen LogP contribution in [-0.2, 0) is 0 Å². The minimum Gasteiger partial charge on any atom is -0.397 e. The normalized spacial score (nSPS) is 11.8. The number of allylic oxidation sites excluding steroid dienone is 1. The van der Waals surface area contributed by atoms with Gasteiger partial charge in [-0.25, -0.2) is 0 Å². The van der Waals surface area contributed by atoms with Crippen LogP contribution >= 0.6 is 15.9 Å². The molecule has 0 spiro atoms. The first-order valence-electron chi connectivity index (χ1n) is 3.77. The van der Waals surface area contributed by atoms with Gasteiger partial charge in [-0.15, -0.1) is 0 Å². The van der Waals surface area contributed by atoms with Gasteiger partial charge in [0.05, 0.1) is 11.8 Å². The molecule has 1 rings (SSSR count). The van der Waals surface area contributed by atoms with Gasteiger partial charge in [0.1, 0.15) is 0 Å². The van der Waals surface area contributed by atoms with E-state index in [1.807, 2.05) is 30.3 Å². The number of rotatable bonds is 1. The van der Waals surface area contributed by atoms with Crippen molar-refractivity contribution in [1.29, 1.82) is 5.26 Å². The lowest BCUT2D eigenvalue weighted by atomic mass is 10.1. The third kappa shape index (κ3) is 2.33. The molecule has 1 aromatic rings. The molecule has 2 N–H and O–H groups in total. The van der Waals surface area contributed by atoms with Gasteiger partial charge in [-0.2, -0.15) is 5.26 Å². The second-order valence-corrected chi connectivity index (χ2v) is 3.58. The van der Waals surface area contributed by atoms with Gasteiger partial charge in [0, 0.05) is 10.0 Å². The molecule has 0 saturated carbocycles. The monoisotopic (exact) mass is 236 g/mol. The first-order chi connectivity index (χ1) is 6.15. The van der Waals surface area contributed by atoms with Crippen LogP contribution in [0.2, 0.25) is 0 Å². The average Bonchev–Trinajstić information content (AvgIpc) is 2.15. The lowest BCUT2D eigenvalue weighted by molar-refractivity contribution is 1.39. The molecule has 3 heteroatoms. The lowest BCUT2D eigenvalue weighted by Crippen LogP contribution is -1.98. The minimum atomic E-state index is 0.531. The van der Waals surface area contributed by atoms with Crippen LogP contribution in [0.3, 0.4) is 0 Å². The van der Waals surface area contributed by atoms with Crippen molar-refractivity contribution in [1.82, 2.24) is 0 Å². The highest BCUT2D eigenvalue weighted by Gasteiger charge is 2.00. The number of hydrogen-bond acceptors (Lipinski definition) is 2. The van der Waals surface area contributed by atoms with Gasteiger partial charge in [0.15, 0.2) is 0 Å². The quantitative estimate of drug-likeness (QED) is 0.763. The van der Waals surface area contributed by atoms with Crippen molar-refractivity contribution < 1.29 is 0 Å². The van der Waals surface area contributed by atoms with Gasteiger partial charge < -0.3 is 5.73 Å². The molecule has 0 aliphatic carbocycles. The molecule has 0 amide bonds. The van der Waals surface area contributed by atoms with E-state index < -0.39 is 0 Å². The summed E-state index contributed by atoms with van der Waals surface area (Å²) in [5.74, 6) is 0. The number of benzene rings is 1. The van der Waals surface area contributed by atoms with Crippen LogP contribution in [0.5, 0.6) is 0 Å². The van der Waals surface area contributed by atoms with Crippen molar-refractivity contribution in [2.45, 2.75) is 6.92 Å². The standard InChI is InChI=1S/C10H9BrN2/c1-7(6-12)10(13)8-3-2-4-9(11)5-8/h2-5H,13H2,1H3/b10-7-. The second-order valence-electron chi connectivity index (χ2n) is 2.66. The van der Waals surface area contributed by atoms with Gasteiger partial charge in [0.25, 0.3) is 0 Å². The van der Waals surface area contributed by atoms with Crippen LogP contribution in [0.15, 0.2) is 34.3 Å². The molecule has 0 aliphatic rings. The molecule has 66 valence electrons. The molecular weight excluding hydrogens is 228 g/mol. The van der Waals surface area contributed by atoms with Crippen LogP contribution in [0.25, 0.3) is 5.70 Å². The molecule has 0 heterocycles. The summed E-state index contributed by atoms with van der Waals surface area (Å²) in [6.45, 7) is 1.70. The fraction of sp³-hybridized carbons (Fsp3) is 0.100. The Morgan fingerprint density at radius 3 is 2.77 bits per heavy atom. The maximum absolute atomic E-state index is 8.64. The topological polar surface area (TPSA) is 49.8 Å². The summed E-state index contributed by atoms with van der Waals surface area (Å²) in [7, 11) is 0. The van der Waals surface area contributed by atoms with Gasteiger partial charge in [-0.1, -0.05) is 28.1 Å². The van der Waals surface area contributed by atoms with Gasteiger partial charge >= 0.3 is 0 Å². The fourth-order valence-corrected chi connectivity index (χ4v) is 1.33. The Labute approximate surface area is 85.8 Å². The van der Waals surface area contributed by atoms with Crippen molar-refractivity contribution in [3.05, 3.63) is 39.9 Å². The predicted octanol–water partition coefficient (Wildman–Crippen LogP) is 2.66. The number of nitrogens with zero attached hydrogens (tertiary/aromatic N) is 1. The van der Waals surface area contributed by atoms with E-state index in [1.54, 1.807) is 6.92 Å². The zero-order valence-electron chi connectivity index (χ0n) is 7.21. The molecule has 0 aliphatic heterocycles. The molecule has 0 saturated heterocycles. The van der Waals surface area contributed by atoms with Crippen molar-refractivity contribution in [3.8, 4) is 6.07 Å². The maximum atomic E-state index is 8.64. The Kier molecular flexibility index (Phi) is 3.10. The van der Waals surface area contributed by atoms with E-state index in [0.717, 1.165) is 10.0 Å². The highest BCUT2D eigenvalue weighted by molar-refractivity contribution is 9.10. The van der Waals surface area contributed by atoms with E-state index in [1.165, 1.54) is 0 Å². The largest absolute Gasteiger partial charge is 0.397 e. The Hall–Kier alpha value is -1.27. The number of nitrogens with two attached hydrogens (primary N) is 1. The lowest BCUT2D eigenvalue weighted by Gasteiger charge is -2.02. The molecule has 1 aromatic carbocycles. The summed E-state index contributed by atoms with van der Waals surface area (Å²) in [4.78, 5) is 0. The Morgan fingerprint density at radius 2 is 2.23 bits per heavy atom. The molecule has 0 bridgehead atoms. The Balaban J connectivity index is 3.18. The van der Waals surface area contributed by atoms with Crippen LogP contribution in [0, 0.1) is 11.3 Å². The zero-order valence-corrected chi connectivity index (χ0v) is 8.80. The Bertz CT molecular complexity index is 388. The first kappa shape index (κ1) is 9.82. The fourth-order valence-electron chi connectivity index (χ4n) is 0.933. The third-order valence-electron chi connectivity index (χ3n) is 1.71. The van der Waals surface area contributed by atoms with E-state index in [9.17, 15) is 0 Å². The first-order valence-corrected chi connectivity index (χ1v) is 4.57. The molecule has 0 atom stereocenters. The van der Waals surface area contributed by atoms with Crippen molar-refractivity contribution >= 4 is 21.6 Å². The van der Waals surface area contributed by atoms with Crippen LogP contribution < -0.4 is 5.73 Å². The number of nitriles is 1. The third-order valence-corrected chi connectivity index (χ3v) is 2.20. The van der Waals surface area contributed by atoms with Crippen molar-refractivity contribution in [2.24, 2.45) is 5.73 Å². The van der Waals surface area contributed by atoms with E-state index in [-0.39, 0.29) is 0 Å². The predicted molar refractivity (Wildman–Crippen MR) is 56.5 cm³/mol. The summed E-state index contributed by atoms with van der Waals surface area (Å²) >= 11 is 3.34. The van der Waals surface area contributed by atoms with E-state index >= 15 is 0 Å². The second kappa shape index (κ2) is 4.11. The number of halogens is 1. The SMILES string of the molecule is C/C(C#N)=C(/N)c1cccc(Br)c1. The highest BCUT2D eigenvalue weighted by atomic mass is 79.9. The molecule has 0 aromatic heterocycles. The molecule has 13 heavy (non-hydrogen) atoms. The smallest absolute Gasteiger partial charge is 0.0965 e. The van der Waals surface area contributed by atoms with Crippen molar-refractivity contribution in [3.63, 3.8) is 0 Å².